The molecule has 3 amide bonds. The Morgan fingerprint density at radius 2 is 1.62 bits per heavy atom. The minimum atomic E-state index is -2.24. The Kier molecular flexibility index (Phi) is 12.5. The molecule has 0 bridgehead atoms. The number of nitrogens with zero attached hydrogens (tertiary/aromatic N) is 1. The lowest BCUT2D eigenvalue weighted by Gasteiger charge is -2.63. The summed E-state index contributed by atoms with van der Waals surface area (Å²) in [6, 6.07) is 14.0. The Hall–Kier alpha value is -4.93. The number of ketones is 3. The number of aliphatic hydroxyl groups excluding tert-OH is 2. The Morgan fingerprint density at radius 3 is 2.26 bits per heavy atom. The number of allylic oxidation sites excluding steroid dienone is 5. The molecule has 2 aliphatic heterocycles. The van der Waals surface area contributed by atoms with Crippen molar-refractivity contribution in [2.45, 2.75) is 118 Å². The first-order chi connectivity index (χ1) is 30.7. The third kappa shape index (κ3) is 7.80. The lowest BCUT2D eigenvalue weighted by atomic mass is 9.44. The number of fused-ring (bicyclic) bond motifs is 7. The highest BCUT2D eigenvalue weighted by molar-refractivity contribution is 7.99. The zero-order valence-corrected chi connectivity index (χ0v) is 37.6. The number of carbonyl (C=O) groups is 6. The molecule has 12 atom stereocenters. The highest BCUT2D eigenvalue weighted by atomic mass is 32.2. The number of carbonyl (C=O) groups excluding carboxylic acids is 6. The van der Waals surface area contributed by atoms with E-state index in [0.29, 0.717) is 11.1 Å². The molecule has 0 spiro atoms. The van der Waals surface area contributed by atoms with Gasteiger partial charge in [0.1, 0.15) is 18.6 Å². The van der Waals surface area contributed by atoms with Gasteiger partial charge in [0, 0.05) is 76.0 Å². The van der Waals surface area contributed by atoms with Crippen molar-refractivity contribution < 1.29 is 57.2 Å². The Balaban J connectivity index is 0.866. The molecule has 2 heterocycles. The van der Waals surface area contributed by atoms with E-state index < -0.39 is 101 Å². The van der Waals surface area contributed by atoms with Crippen LogP contribution in [0.1, 0.15) is 77.2 Å². The van der Waals surface area contributed by atoms with Gasteiger partial charge in [-0.2, -0.15) is 0 Å². The van der Waals surface area contributed by atoms with Crippen molar-refractivity contribution in [2.24, 2.45) is 28.6 Å². The van der Waals surface area contributed by atoms with E-state index in [9.17, 15) is 39.0 Å². The van der Waals surface area contributed by atoms with E-state index in [1.165, 1.54) is 11.8 Å². The van der Waals surface area contributed by atoms with Gasteiger partial charge < -0.3 is 25.0 Å². The highest BCUT2D eigenvalue weighted by Gasteiger charge is 2.80. The first kappa shape index (κ1) is 46.6. The van der Waals surface area contributed by atoms with Gasteiger partial charge in [0.15, 0.2) is 29.1 Å². The number of hydrogen-bond acceptors (Lipinski definition) is 11. The van der Waals surface area contributed by atoms with Crippen LogP contribution in [0.2, 0.25) is 0 Å². The third-order valence-corrected chi connectivity index (χ3v) is 16.1. The lowest BCUT2D eigenvalue weighted by molar-refractivity contribution is -0.235. The second kappa shape index (κ2) is 17.4. The minimum absolute atomic E-state index is 0.0554. The van der Waals surface area contributed by atoms with Gasteiger partial charge in [0.25, 0.3) is 11.8 Å². The number of nitrogens with one attached hydrogen (secondary N) is 1. The van der Waals surface area contributed by atoms with E-state index in [4.69, 9.17) is 9.47 Å². The summed E-state index contributed by atoms with van der Waals surface area (Å²) in [5.74, 6) is -4.80. The maximum Gasteiger partial charge on any atom is 0.253 e. The number of rotatable bonds is 15. The molecular formula is C50H54F2N2O10S. The van der Waals surface area contributed by atoms with Crippen molar-refractivity contribution in [1.29, 1.82) is 0 Å². The average molecular weight is 913 g/mol. The molecular weight excluding hydrogens is 859 g/mol. The number of aliphatic hydroxyl groups is 2. The first-order valence-corrected chi connectivity index (χ1v) is 22.9. The van der Waals surface area contributed by atoms with E-state index in [1.807, 2.05) is 48.5 Å². The largest absolute Gasteiger partial charge is 0.390 e. The number of Topliss-reactive ketones (excluding diaryl/α,β-unsaturated/α-hetero) is 3. The molecule has 12 nitrogen and oxygen atoms in total. The van der Waals surface area contributed by atoms with Crippen LogP contribution in [-0.4, -0.2) is 99.0 Å². The molecule has 3 saturated carbocycles. The fraction of sp³-hybridized carbons (Fsp3) is 0.480. The molecule has 0 radical (unpaired) electrons. The Morgan fingerprint density at radius 1 is 0.969 bits per heavy atom. The van der Waals surface area contributed by atoms with Crippen LogP contribution in [0.3, 0.4) is 0 Å². The van der Waals surface area contributed by atoms with Gasteiger partial charge in [-0.15, -0.1) is 0 Å². The number of benzene rings is 2. The van der Waals surface area contributed by atoms with Crippen molar-refractivity contribution in [3.63, 3.8) is 0 Å². The van der Waals surface area contributed by atoms with E-state index >= 15 is 8.78 Å². The normalized spacial score (nSPS) is 34.3. The van der Waals surface area contributed by atoms with Gasteiger partial charge in [-0.25, -0.2) is 8.78 Å². The molecule has 3 N–H and O–H groups in total. The highest BCUT2D eigenvalue weighted by Crippen LogP contribution is 2.72. The summed E-state index contributed by atoms with van der Waals surface area (Å²) < 4.78 is 47.0. The monoisotopic (exact) mass is 912 g/mol. The van der Waals surface area contributed by atoms with E-state index in [1.54, 1.807) is 45.9 Å². The number of alkyl halides is 2. The van der Waals surface area contributed by atoms with Gasteiger partial charge in [0.2, 0.25) is 5.91 Å². The quantitative estimate of drug-likeness (QED) is 0.179. The number of hydrogen-bond donors (Lipinski definition) is 3. The summed E-state index contributed by atoms with van der Waals surface area (Å²) in [6.45, 7) is 9.57. The molecule has 4 aliphatic carbocycles. The van der Waals surface area contributed by atoms with Crippen LogP contribution in [0.4, 0.5) is 8.78 Å². The zero-order chi connectivity index (χ0) is 46.8. The molecule has 15 heteroatoms. The van der Waals surface area contributed by atoms with Crippen molar-refractivity contribution in [3.05, 3.63) is 108 Å². The fourth-order valence-electron chi connectivity index (χ4n) is 11.5. The molecule has 65 heavy (non-hydrogen) atoms. The summed E-state index contributed by atoms with van der Waals surface area (Å²) in [5.41, 5.74) is -4.40. The fourth-order valence-corrected chi connectivity index (χ4v) is 12.3. The molecule has 2 aromatic carbocycles. The van der Waals surface area contributed by atoms with Crippen molar-refractivity contribution in [2.75, 3.05) is 13.2 Å². The third-order valence-electron chi connectivity index (χ3n) is 15.0. The summed E-state index contributed by atoms with van der Waals surface area (Å²) in [4.78, 5) is 78.4. The molecule has 6 aliphatic rings. The molecule has 0 unspecified atom stereocenters. The van der Waals surface area contributed by atoms with Crippen LogP contribution in [0.25, 0.3) is 0 Å². The van der Waals surface area contributed by atoms with Crippen molar-refractivity contribution in [3.8, 4) is 0 Å². The number of imide groups is 1. The number of amides is 3. The standard InChI is InChI=1S/C50H54F2N2O10S/c1-27-16-18-47(4)37(20-27)38(51)23-36-35-24-42-50(41(59)26-55,48(35,5)25-40(58)49(36,47)52)64-46(63-42)31-8-12-34(13-9-31)65-33-10-6-30(7-11-33)22-39(57)29(3)53-45(62)28(2)21-32(56)17-19-54-43(60)14-15-44(54)61/h6-16,18,20,28-29,35-36,38,40,42,46,55,58H,1,17,19,21-26H2,2-5H3,(H,53,62)/t28-,29+,35+,36+,38+,40+,42-,46+,47+,48+,49+,50-/m1/s1. The predicted molar refractivity (Wildman–Crippen MR) is 234 cm³/mol. The van der Waals surface area contributed by atoms with Gasteiger partial charge in [-0.3, -0.25) is 33.7 Å². The Labute approximate surface area is 380 Å². The van der Waals surface area contributed by atoms with Crippen LogP contribution < -0.4 is 5.32 Å². The second-order valence-corrected chi connectivity index (χ2v) is 20.0. The van der Waals surface area contributed by atoms with Gasteiger partial charge in [-0.05, 0) is 80.0 Å². The molecule has 2 aromatic rings. The number of ether oxygens (including phenoxy) is 2. The first-order valence-electron chi connectivity index (χ1n) is 22.1. The van der Waals surface area contributed by atoms with Crippen LogP contribution in [0.15, 0.2) is 106 Å². The summed E-state index contributed by atoms with van der Waals surface area (Å²) in [7, 11) is 0. The van der Waals surface area contributed by atoms with Crippen molar-refractivity contribution in [1.82, 2.24) is 10.2 Å². The van der Waals surface area contributed by atoms with Crippen molar-refractivity contribution >= 4 is 46.8 Å². The van der Waals surface area contributed by atoms with Gasteiger partial charge in [0.05, 0.1) is 18.2 Å². The zero-order valence-electron chi connectivity index (χ0n) is 36.8. The maximum atomic E-state index is 17.8. The summed E-state index contributed by atoms with van der Waals surface area (Å²) in [6.07, 6.45) is 1.94. The van der Waals surface area contributed by atoms with Crippen LogP contribution in [0.5, 0.6) is 0 Å². The second-order valence-electron chi connectivity index (χ2n) is 18.9. The summed E-state index contributed by atoms with van der Waals surface area (Å²) >= 11 is 1.47. The average Bonchev–Trinajstić information content (AvgIpc) is 3.90. The lowest BCUT2D eigenvalue weighted by Crippen LogP contribution is -2.70. The summed E-state index contributed by atoms with van der Waals surface area (Å²) in [5, 5.41) is 24.9. The van der Waals surface area contributed by atoms with E-state index in [0.717, 1.165) is 32.4 Å². The number of halogens is 2. The Bertz CT molecular complexity index is 2400. The van der Waals surface area contributed by atoms with Gasteiger partial charge in [-0.1, -0.05) is 74.7 Å². The molecule has 344 valence electrons. The molecule has 8 rings (SSSR count). The maximum absolute atomic E-state index is 17.8. The van der Waals surface area contributed by atoms with Crippen LogP contribution in [0, 0.1) is 28.6 Å². The molecule has 4 fully saturated rings. The van der Waals surface area contributed by atoms with E-state index in [-0.39, 0.29) is 62.2 Å². The minimum Gasteiger partial charge on any atom is -0.390 e. The van der Waals surface area contributed by atoms with Crippen LogP contribution in [-0.2, 0) is 44.7 Å². The molecule has 0 aromatic heterocycles. The predicted octanol–water partition coefficient (Wildman–Crippen LogP) is 5.99. The van der Waals surface area contributed by atoms with E-state index in [2.05, 4.69) is 11.9 Å². The topological polar surface area (TPSA) is 177 Å². The SMILES string of the molecule is C=C1C=C[C@@]2(C)C(=C1)[C@@H](F)C[C@H]1[C@@H]3C[C@H]4O[C@H](c5ccc(Sc6ccc(CC(=O)[C@H](C)NC(=O)[C@H](C)CC(=O)CCN7C(=O)C=CC7=O)cc6)cc5)O[C@@]4(C(=O)CO)[C@@]3(C)C[C@H](O)[C@@]12F. The van der Waals surface area contributed by atoms with Gasteiger partial charge >= 0.3 is 0 Å². The smallest absolute Gasteiger partial charge is 0.253 e. The molecule has 1 saturated heterocycles. The van der Waals surface area contributed by atoms with Crippen LogP contribution >= 0.6 is 11.8 Å².